The predicted molar refractivity (Wildman–Crippen MR) is 75.9 cm³/mol. The van der Waals surface area contributed by atoms with Crippen LogP contribution in [0.1, 0.15) is 51.4 Å². The third-order valence-corrected chi connectivity index (χ3v) is 5.85. The summed E-state index contributed by atoms with van der Waals surface area (Å²) in [6.45, 7) is 1.33. The molecular formula is C13H28N2O2S. The Kier molecular flexibility index (Phi) is 7.19. The van der Waals surface area contributed by atoms with Gasteiger partial charge in [-0.05, 0) is 38.1 Å². The van der Waals surface area contributed by atoms with Crippen LogP contribution in [0.2, 0.25) is 0 Å². The Bertz CT molecular complexity index is 311. The van der Waals surface area contributed by atoms with Gasteiger partial charge in [0, 0.05) is 13.6 Å². The van der Waals surface area contributed by atoms with Crippen LogP contribution in [0.5, 0.6) is 0 Å². The summed E-state index contributed by atoms with van der Waals surface area (Å²) in [5.74, 6) is 0.732. The highest BCUT2D eigenvalue weighted by Gasteiger charge is 2.24. The van der Waals surface area contributed by atoms with Crippen molar-refractivity contribution in [3.8, 4) is 0 Å². The molecule has 0 unspecified atom stereocenters. The van der Waals surface area contributed by atoms with Crippen LogP contribution >= 0.6 is 0 Å². The standard InChI is InChI=1S/C13H28N2O2S/c1-15(11-7-3-6-10-14)18(16,17)12-13-8-4-2-5-9-13/h13H,2-12,14H2,1H3. The molecule has 5 heteroatoms. The van der Waals surface area contributed by atoms with E-state index in [1.54, 1.807) is 7.05 Å². The summed E-state index contributed by atoms with van der Waals surface area (Å²) in [4.78, 5) is 0. The minimum atomic E-state index is -3.05. The summed E-state index contributed by atoms with van der Waals surface area (Å²) < 4.78 is 25.9. The molecule has 0 atom stereocenters. The normalized spacial score (nSPS) is 18.4. The zero-order valence-electron chi connectivity index (χ0n) is 11.6. The molecule has 1 fully saturated rings. The van der Waals surface area contributed by atoms with Crippen molar-refractivity contribution in [3.05, 3.63) is 0 Å². The highest BCUT2D eigenvalue weighted by Crippen LogP contribution is 2.25. The number of nitrogens with zero attached hydrogens (tertiary/aromatic N) is 1. The minimum Gasteiger partial charge on any atom is -0.330 e. The Morgan fingerprint density at radius 2 is 1.78 bits per heavy atom. The van der Waals surface area contributed by atoms with Crippen molar-refractivity contribution in [2.24, 2.45) is 11.7 Å². The van der Waals surface area contributed by atoms with Gasteiger partial charge in [0.2, 0.25) is 10.0 Å². The van der Waals surface area contributed by atoms with Crippen molar-refractivity contribution in [2.75, 3.05) is 25.9 Å². The average molecular weight is 276 g/mol. The van der Waals surface area contributed by atoms with Gasteiger partial charge in [0.25, 0.3) is 0 Å². The van der Waals surface area contributed by atoms with E-state index in [9.17, 15) is 8.42 Å². The van der Waals surface area contributed by atoms with E-state index in [0.29, 0.717) is 24.8 Å². The Balaban J connectivity index is 2.31. The molecule has 0 radical (unpaired) electrons. The fraction of sp³-hybridized carbons (Fsp3) is 1.00. The fourth-order valence-electron chi connectivity index (χ4n) is 2.57. The van der Waals surface area contributed by atoms with Crippen LogP contribution in [0.4, 0.5) is 0 Å². The lowest BCUT2D eigenvalue weighted by molar-refractivity contribution is 0.374. The second kappa shape index (κ2) is 8.12. The molecule has 108 valence electrons. The molecule has 1 aliphatic carbocycles. The smallest absolute Gasteiger partial charge is 0.214 e. The second-order valence-corrected chi connectivity index (χ2v) is 7.57. The van der Waals surface area contributed by atoms with E-state index in [2.05, 4.69) is 0 Å². The maximum Gasteiger partial charge on any atom is 0.214 e. The Morgan fingerprint density at radius 1 is 1.11 bits per heavy atom. The third-order valence-electron chi connectivity index (χ3n) is 3.82. The van der Waals surface area contributed by atoms with Gasteiger partial charge in [0.15, 0.2) is 0 Å². The van der Waals surface area contributed by atoms with Crippen LogP contribution in [0.25, 0.3) is 0 Å². The SMILES string of the molecule is CN(CCCCCN)S(=O)(=O)CC1CCCCC1. The minimum absolute atomic E-state index is 0.348. The molecule has 0 saturated heterocycles. The van der Waals surface area contributed by atoms with Gasteiger partial charge >= 0.3 is 0 Å². The molecule has 0 spiro atoms. The van der Waals surface area contributed by atoms with Gasteiger partial charge in [-0.1, -0.05) is 25.7 Å². The topological polar surface area (TPSA) is 63.4 Å². The maximum absolute atomic E-state index is 12.2. The molecule has 0 heterocycles. The largest absolute Gasteiger partial charge is 0.330 e. The molecule has 1 aliphatic rings. The summed E-state index contributed by atoms with van der Waals surface area (Å²) in [5, 5.41) is 0. The number of unbranched alkanes of at least 4 members (excludes halogenated alkanes) is 2. The zero-order valence-corrected chi connectivity index (χ0v) is 12.4. The first-order valence-electron chi connectivity index (χ1n) is 7.20. The lowest BCUT2D eigenvalue weighted by Gasteiger charge is -2.24. The number of sulfonamides is 1. The maximum atomic E-state index is 12.2. The van der Waals surface area contributed by atoms with Crippen molar-refractivity contribution < 1.29 is 8.42 Å². The number of hydrogen-bond donors (Lipinski definition) is 1. The van der Waals surface area contributed by atoms with Crippen molar-refractivity contribution >= 4 is 10.0 Å². The van der Waals surface area contributed by atoms with Crippen LogP contribution in [-0.2, 0) is 10.0 Å². The first-order valence-corrected chi connectivity index (χ1v) is 8.81. The Hall–Kier alpha value is -0.130. The zero-order chi connectivity index (χ0) is 13.4. The summed E-state index contributed by atoms with van der Waals surface area (Å²) >= 11 is 0. The van der Waals surface area contributed by atoms with Crippen LogP contribution < -0.4 is 5.73 Å². The van der Waals surface area contributed by atoms with Crippen LogP contribution in [0.3, 0.4) is 0 Å². The lowest BCUT2D eigenvalue weighted by atomic mass is 9.91. The quantitative estimate of drug-likeness (QED) is 0.689. The van der Waals surface area contributed by atoms with E-state index in [4.69, 9.17) is 5.73 Å². The van der Waals surface area contributed by atoms with E-state index in [0.717, 1.165) is 32.1 Å². The second-order valence-electron chi connectivity index (χ2n) is 5.45. The molecule has 2 N–H and O–H groups in total. The van der Waals surface area contributed by atoms with E-state index >= 15 is 0 Å². The highest BCUT2D eigenvalue weighted by atomic mass is 32.2. The Morgan fingerprint density at radius 3 is 2.39 bits per heavy atom. The molecule has 1 saturated carbocycles. The van der Waals surface area contributed by atoms with E-state index < -0.39 is 10.0 Å². The molecule has 4 nitrogen and oxygen atoms in total. The van der Waals surface area contributed by atoms with Crippen LogP contribution in [0, 0.1) is 5.92 Å². The molecule has 0 bridgehead atoms. The van der Waals surface area contributed by atoms with Gasteiger partial charge in [-0.25, -0.2) is 12.7 Å². The first-order chi connectivity index (χ1) is 8.56. The number of nitrogens with two attached hydrogens (primary N) is 1. The van der Waals surface area contributed by atoms with Crippen molar-refractivity contribution in [3.63, 3.8) is 0 Å². The van der Waals surface area contributed by atoms with E-state index in [-0.39, 0.29) is 0 Å². The summed E-state index contributed by atoms with van der Waals surface area (Å²) in [5.41, 5.74) is 5.42. The fourth-order valence-corrected chi connectivity index (χ4v) is 4.16. The van der Waals surface area contributed by atoms with Crippen LogP contribution in [-0.4, -0.2) is 38.6 Å². The van der Waals surface area contributed by atoms with E-state index in [1.165, 1.54) is 23.6 Å². The number of hydrogen-bond acceptors (Lipinski definition) is 3. The summed E-state index contributed by atoms with van der Waals surface area (Å²) in [7, 11) is -1.34. The summed E-state index contributed by atoms with van der Waals surface area (Å²) in [6.07, 6.45) is 8.74. The Labute approximate surface area is 112 Å². The van der Waals surface area contributed by atoms with Crippen molar-refractivity contribution in [1.82, 2.24) is 4.31 Å². The molecule has 1 rings (SSSR count). The third kappa shape index (κ3) is 5.67. The number of rotatable bonds is 8. The van der Waals surface area contributed by atoms with Crippen molar-refractivity contribution in [1.29, 1.82) is 0 Å². The molecule has 18 heavy (non-hydrogen) atoms. The summed E-state index contributed by atoms with van der Waals surface area (Å²) in [6, 6.07) is 0. The van der Waals surface area contributed by atoms with Crippen molar-refractivity contribution in [2.45, 2.75) is 51.4 Å². The van der Waals surface area contributed by atoms with E-state index in [1.807, 2.05) is 0 Å². The average Bonchev–Trinajstić information content (AvgIpc) is 2.35. The van der Waals surface area contributed by atoms with Crippen LogP contribution in [0.15, 0.2) is 0 Å². The highest BCUT2D eigenvalue weighted by molar-refractivity contribution is 7.89. The molecular weight excluding hydrogens is 248 g/mol. The van der Waals surface area contributed by atoms with Gasteiger partial charge in [0.05, 0.1) is 5.75 Å². The van der Waals surface area contributed by atoms with Gasteiger partial charge in [-0.15, -0.1) is 0 Å². The molecule has 0 aromatic heterocycles. The van der Waals surface area contributed by atoms with Gasteiger partial charge < -0.3 is 5.73 Å². The first kappa shape index (κ1) is 15.9. The molecule has 0 amide bonds. The lowest BCUT2D eigenvalue weighted by Crippen LogP contribution is -2.33. The molecule has 0 aromatic carbocycles. The predicted octanol–water partition coefficient (Wildman–Crippen LogP) is 1.96. The monoisotopic (exact) mass is 276 g/mol. The van der Waals surface area contributed by atoms with Gasteiger partial charge in [0.1, 0.15) is 0 Å². The van der Waals surface area contributed by atoms with Gasteiger partial charge in [-0.3, -0.25) is 0 Å². The van der Waals surface area contributed by atoms with Gasteiger partial charge in [-0.2, -0.15) is 0 Å². The molecule has 0 aromatic rings. The molecule has 0 aliphatic heterocycles.